The molecular weight excluding hydrogens is 284 g/mol. The largest absolute Gasteiger partial charge is 0.460 e. The van der Waals surface area contributed by atoms with Crippen molar-refractivity contribution in [1.29, 1.82) is 0 Å². The predicted octanol–water partition coefficient (Wildman–Crippen LogP) is 2.33. The van der Waals surface area contributed by atoms with Gasteiger partial charge >= 0.3 is 5.97 Å². The minimum Gasteiger partial charge on any atom is -0.460 e. The summed E-state index contributed by atoms with van der Waals surface area (Å²) in [6.45, 7) is 4.11. The monoisotopic (exact) mass is 302 g/mol. The van der Waals surface area contributed by atoms with E-state index in [4.69, 9.17) is 9.26 Å². The Morgan fingerprint density at radius 3 is 2.68 bits per heavy atom. The summed E-state index contributed by atoms with van der Waals surface area (Å²) in [5, 5.41) is 6.50. The highest BCUT2D eigenvalue weighted by atomic mass is 16.6. The van der Waals surface area contributed by atoms with Crippen LogP contribution in [0.3, 0.4) is 0 Å². The van der Waals surface area contributed by atoms with Crippen molar-refractivity contribution >= 4 is 11.9 Å². The fraction of sp³-hybridized carbons (Fsp3) is 0.312. The van der Waals surface area contributed by atoms with Crippen LogP contribution in [0.15, 0.2) is 34.9 Å². The number of rotatable bonds is 6. The van der Waals surface area contributed by atoms with Gasteiger partial charge in [-0.15, -0.1) is 0 Å². The smallest absolute Gasteiger partial charge is 0.377 e. The fourth-order valence-electron chi connectivity index (χ4n) is 1.80. The number of carbonyl (C=O) groups excluding carboxylic acids is 2. The van der Waals surface area contributed by atoms with Crippen LogP contribution < -0.4 is 5.32 Å². The van der Waals surface area contributed by atoms with Crippen molar-refractivity contribution in [3.8, 4) is 11.3 Å². The van der Waals surface area contributed by atoms with Crippen LogP contribution in [-0.2, 0) is 9.53 Å². The first-order chi connectivity index (χ1) is 10.6. The Hall–Kier alpha value is -2.63. The molecule has 1 aromatic carbocycles. The van der Waals surface area contributed by atoms with Gasteiger partial charge in [0.15, 0.2) is 0 Å². The summed E-state index contributed by atoms with van der Waals surface area (Å²) in [4.78, 5) is 22.5. The Morgan fingerprint density at radius 1 is 1.27 bits per heavy atom. The van der Waals surface area contributed by atoms with E-state index in [1.54, 1.807) is 6.07 Å². The molecule has 0 bridgehead atoms. The molecule has 0 aliphatic carbocycles. The van der Waals surface area contributed by atoms with Gasteiger partial charge in [0.25, 0.3) is 0 Å². The number of aryl methyl sites for hydroxylation is 1. The molecule has 1 aromatic heterocycles. The van der Waals surface area contributed by atoms with Crippen molar-refractivity contribution in [2.75, 3.05) is 13.2 Å². The van der Waals surface area contributed by atoms with Gasteiger partial charge in [0.05, 0.1) is 6.61 Å². The number of ether oxygens (including phenoxy) is 1. The molecular formula is C16H18N2O4. The lowest BCUT2D eigenvalue weighted by atomic mass is 10.1. The predicted molar refractivity (Wildman–Crippen MR) is 80.3 cm³/mol. The van der Waals surface area contributed by atoms with Crippen LogP contribution in [0, 0.1) is 6.92 Å². The van der Waals surface area contributed by atoms with E-state index in [2.05, 4.69) is 10.5 Å². The summed E-state index contributed by atoms with van der Waals surface area (Å²) in [6.07, 6.45) is 0.546. The van der Waals surface area contributed by atoms with Gasteiger partial charge in [0, 0.05) is 25.1 Å². The fourth-order valence-corrected chi connectivity index (χ4v) is 1.80. The van der Waals surface area contributed by atoms with Crippen LogP contribution in [0.1, 0.15) is 29.5 Å². The molecule has 22 heavy (non-hydrogen) atoms. The van der Waals surface area contributed by atoms with E-state index in [1.807, 2.05) is 31.2 Å². The Balaban J connectivity index is 1.86. The molecule has 0 aliphatic rings. The molecule has 1 N–H and O–H groups in total. The molecule has 6 nitrogen and oxygen atoms in total. The zero-order chi connectivity index (χ0) is 15.9. The van der Waals surface area contributed by atoms with Crippen molar-refractivity contribution in [3.63, 3.8) is 0 Å². The van der Waals surface area contributed by atoms with Crippen LogP contribution >= 0.6 is 0 Å². The first-order valence-electron chi connectivity index (χ1n) is 7.01. The summed E-state index contributed by atoms with van der Waals surface area (Å²) in [5.74, 6) is -0.604. The minimum absolute atomic E-state index is 0.0649. The third-order valence-corrected chi connectivity index (χ3v) is 2.99. The first-order valence-corrected chi connectivity index (χ1v) is 7.01. The number of hydrogen-bond donors (Lipinski definition) is 1. The molecule has 0 unspecified atom stereocenters. The van der Waals surface area contributed by atoms with E-state index in [1.165, 1.54) is 6.92 Å². The quantitative estimate of drug-likeness (QED) is 0.654. The second-order valence-corrected chi connectivity index (χ2v) is 4.91. The van der Waals surface area contributed by atoms with Crippen LogP contribution in [0.4, 0.5) is 0 Å². The average molecular weight is 302 g/mol. The van der Waals surface area contributed by atoms with Crippen molar-refractivity contribution in [2.45, 2.75) is 20.3 Å². The molecule has 0 fully saturated rings. The Bertz CT molecular complexity index is 646. The number of aromatic nitrogens is 1. The summed E-state index contributed by atoms with van der Waals surface area (Å²) in [7, 11) is 0. The third kappa shape index (κ3) is 4.44. The zero-order valence-electron chi connectivity index (χ0n) is 12.6. The number of nitrogens with zero attached hydrogens (tertiary/aromatic N) is 1. The van der Waals surface area contributed by atoms with Crippen LogP contribution in [0.25, 0.3) is 11.3 Å². The molecule has 0 saturated carbocycles. The van der Waals surface area contributed by atoms with Crippen molar-refractivity contribution in [1.82, 2.24) is 10.5 Å². The number of esters is 1. The van der Waals surface area contributed by atoms with E-state index < -0.39 is 5.97 Å². The number of amides is 1. The maximum absolute atomic E-state index is 11.8. The van der Waals surface area contributed by atoms with E-state index in [9.17, 15) is 9.59 Å². The Labute approximate surface area is 128 Å². The highest BCUT2D eigenvalue weighted by Gasteiger charge is 2.15. The molecule has 116 valence electrons. The second-order valence-electron chi connectivity index (χ2n) is 4.91. The number of hydrogen-bond acceptors (Lipinski definition) is 5. The molecule has 6 heteroatoms. The van der Waals surface area contributed by atoms with Gasteiger partial charge in [-0.3, -0.25) is 4.79 Å². The van der Waals surface area contributed by atoms with Crippen LogP contribution in [-0.4, -0.2) is 30.2 Å². The van der Waals surface area contributed by atoms with E-state index in [0.29, 0.717) is 18.7 Å². The molecule has 2 rings (SSSR count). The van der Waals surface area contributed by atoms with Crippen molar-refractivity contribution < 1.29 is 18.8 Å². The van der Waals surface area contributed by atoms with Gasteiger partial charge < -0.3 is 14.6 Å². The summed E-state index contributed by atoms with van der Waals surface area (Å²) >= 11 is 0. The standard InChI is InChI=1S/C16H18N2O4/c1-11-4-6-13(7-5-11)14-10-15(22-18-14)16(20)21-9-3-8-17-12(2)19/h4-7,10H,3,8-9H2,1-2H3,(H,17,19). The molecule has 1 heterocycles. The molecule has 0 saturated heterocycles. The summed E-state index contributed by atoms with van der Waals surface area (Å²) in [6, 6.07) is 9.31. The van der Waals surface area contributed by atoms with E-state index in [0.717, 1.165) is 11.1 Å². The summed E-state index contributed by atoms with van der Waals surface area (Å²) < 4.78 is 10.1. The molecule has 0 atom stereocenters. The normalized spacial score (nSPS) is 10.3. The molecule has 2 aromatic rings. The Kier molecular flexibility index (Phi) is 5.30. The summed E-state index contributed by atoms with van der Waals surface area (Å²) in [5.41, 5.74) is 2.61. The van der Waals surface area contributed by atoms with Gasteiger partial charge in [-0.2, -0.15) is 0 Å². The maximum atomic E-state index is 11.8. The van der Waals surface area contributed by atoms with Gasteiger partial charge in [-0.05, 0) is 13.3 Å². The first kappa shape index (κ1) is 15.8. The average Bonchev–Trinajstić information content (AvgIpc) is 2.97. The van der Waals surface area contributed by atoms with Gasteiger partial charge in [-0.1, -0.05) is 35.0 Å². The van der Waals surface area contributed by atoms with Gasteiger partial charge in [0.1, 0.15) is 5.69 Å². The third-order valence-electron chi connectivity index (χ3n) is 2.99. The zero-order valence-corrected chi connectivity index (χ0v) is 12.6. The SMILES string of the molecule is CC(=O)NCCCOC(=O)c1cc(-c2ccc(C)cc2)no1. The second kappa shape index (κ2) is 7.40. The van der Waals surface area contributed by atoms with Gasteiger partial charge in [-0.25, -0.2) is 4.79 Å². The van der Waals surface area contributed by atoms with Crippen LogP contribution in [0.2, 0.25) is 0 Å². The maximum Gasteiger partial charge on any atom is 0.377 e. The number of nitrogens with one attached hydrogen (secondary N) is 1. The lowest BCUT2D eigenvalue weighted by Gasteiger charge is -2.02. The Morgan fingerprint density at radius 2 is 2.00 bits per heavy atom. The lowest BCUT2D eigenvalue weighted by Crippen LogP contribution is -2.22. The minimum atomic E-state index is -0.561. The van der Waals surface area contributed by atoms with E-state index >= 15 is 0 Å². The number of benzene rings is 1. The number of carbonyl (C=O) groups is 2. The van der Waals surface area contributed by atoms with Crippen molar-refractivity contribution in [3.05, 3.63) is 41.7 Å². The van der Waals surface area contributed by atoms with E-state index in [-0.39, 0.29) is 18.3 Å². The topological polar surface area (TPSA) is 81.4 Å². The molecule has 0 spiro atoms. The van der Waals surface area contributed by atoms with Crippen molar-refractivity contribution in [2.24, 2.45) is 0 Å². The highest BCUT2D eigenvalue weighted by Crippen LogP contribution is 2.19. The van der Waals surface area contributed by atoms with Crippen LogP contribution in [0.5, 0.6) is 0 Å². The molecule has 1 amide bonds. The highest BCUT2D eigenvalue weighted by molar-refractivity contribution is 5.87. The molecule has 0 radical (unpaired) electrons. The van der Waals surface area contributed by atoms with Gasteiger partial charge in [0.2, 0.25) is 11.7 Å². The lowest BCUT2D eigenvalue weighted by molar-refractivity contribution is -0.118. The molecule has 0 aliphatic heterocycles.